The molecule has 84 valence electrons. The number of rotatable bonds is 3. The highest BCUT2D eigenvalue weighted by molar-refractivity contribution is 6.32. The van der Waals surface area contributed by atoms with Crippen molar-refractivity contribution in [3.8, 4) is 6.07 Å². The molecule has 1 aliphatic carbocycles. The molecule has 1 saturated carbocycles. The van der Waals surface area contributed by atoms with Crippen molar-refractivity contribution < 1.29 is 0 Å². The Morgan fingerprint density at radius 2 is 2.25 bits per heavy atom. The molecule has 0 bridgehead atoms. The maximum absolute atomic E-state index is 8.79. The summed E-state index contributed by atoms with van der Waals surface area (Å²) in [5.41, 5.74) is 1.81. The van der Waals surface area contributed by atoms with Crippen molar-refractivity contribution >= 4 is 17.3 Å². The first-order valence-electron chi connectivity index (χ1n) is 5.67. The summed E-state index contributed by atoms with van der Waals surface area (Å²) >= 11 is 6.00. The molecule has 2 nitrogen and oxygen atoms in total. The van der Waals surface area contributed by atoms with Crippen LogP contribution in [0.5, 0.6) is 0 Å². The van der Waals surface area contributed by atoms with Crippen LogP contribution in [0.4, 0.5) is 5.69 Å². The summed E-state index contributed by atoms with van der Waals surface area (Å²) in [6.45, 7) is 2.21. The monoisotopic (exact) mass is 234 g/mol. The van der Waals surface area contributed by atoms with Gasteiger partial charge in [-0.25, -0.2) is 0 Å². The average molecular weight is 235 g/mol. The van der Waals surface area contributed by atoms with Crippen molar-refractivity contribution in [2.45, 2.75) is 38.1 Å². The number of hydrogen-bond acceptors (Lipinski definition) is 2. The van der Waals surface area contributed by atoms with E-state index in [1.807, 2.05) is 12.1 Å². The normalized spacial score (nSPS) is 17.3. The fourth-order valence-corrected chi connectivity index (χ4v) is 2.38. The third-order valence-electron chi connectivity index (χ3n) is 3.49. The van der Waals surface area contributed by atoms with Gasteiger partial charge in [0.2, 0.25) is 0 Å². The van der Waals surface area contributed by atoms with E-state index in [-0.39, 0.29) is 5.54 Å². The highest BCUT2D eigenvalue weighted by Gasteiger charge is 2.34. The van der Waals surface area contributed by atoms with Gasteiger partial charge in [0.1, 0.15) is 6.07 Å². The van der Waals surface area contributed by atoms with Gasteiger partial charge >= 0.3 is 0 Å². The SMILES string of the molecule is CCC1(Nc2ccc(C#N)c(Cl)c2)CCC1. The molecule has 16 heavy (non-hydrogen) atoms. The smallest absolute Gasteiger partial charge is 0.101 e. The highest BCUT2D eigenvalue weighted by atomic mass is 35.5. The number of nitrogens with zero attached hydrogens (tertiary/aromatic N) is 1. The number of nitrogens with one attached hydrogen (secondary N) is 1. The average Bonchev–Trinajstić information content (AvgIpc) is 2.24. The molecule has 0 unspecified atom stereocenters. The van der Waals surface area contributed by atoms with Crippen LogP contribution in [0.3, 0.4) is 0 Å². The maximum atomic E-state index is 8.79. The zero-order chi connectivity index (χ0) is 11.6. The van der Waals surface area contributed by atoms with Gasteiger partial charge in [-0.3, -0.25) is 0 Å². The molecule has 1 fully saturated rings. The van der Waals surface area contributed by atoms with E-state index in [1.54, 1.807) is 6.07 Å². The van der Waals surface area contributed by atoms with Gasteiger partial charge in [-0.1, -0.05) is 18.5 Å². The molecule has 1 aliphatic rings. The first-order chi connectivity index (χ1) is 7.69. The summed E-state index contributed by atoms with van der Waals surface area (Å²) in [6.07, 6.45) is 4.87. The number of hydrogen-bond donors (Lipinski definition) is 1. The Labute approximate surface area is 101 Å². The van der Waals surface area contributed by atoms with E-state index >= 15 is 0 Å². The first kappa shape index (κ1) is 11.3. The molecule has 0 heterocycles. The minimum atomic E-state index is 0.261. The van der Waals surface area contributed by atoms with Crippen LogP contribution in [0.25, 0.3) is 0 Å². The van der Waals surface area contributed by atoms with Crippen LogP contribution in [-0.2, 0) is 0 Å². The second kappa shape index (κ2) is 4.35. The second-order valence-corrected chi connectivity index (χ2v) is 4.83. The molecule has 0 amide bonds. The topological polar surface area (TPSA) is 35.8 Å². The number of anilines is 1. The van der Waals surface area contributed by atoms with E-state index in [1.165, 1.54) is 19.3 Å². The lowest BCUT2D eigenvalue weighted by Crippen LogP contribution is -2.44. The van der Waals surface area contributed by atoms with Gasteiger partial charge in [-0.05, 0) is 43.9 Å². The Balaban J connectivity index is 2.16. The highest BCUT2D eigenvalue weighted by Crippen LogP contribution is 2.38. The summed E-state index contributed by atoms with van der Waals surface area (Å²) in [5, 5.41) is 12.9. The van der Waals surface area contributed by atoms with Crippen LogP contribution in [0.2, 0.25) is 5.02 Å². The van der Waals surface area contributed by atoms with E-state index in [9.17, 15) is 0 Å². The minimum Gasteiger partial charge on any atom is -0.380 e. The Morgan fingerprint density at radius 1 is 1.50 bits per heavy atom. The van der Waals surface area contributed by atoms with Gasteiger partial charge in [-0.2, -0.15) is 5.26 Å². The van der Waals surface area contributed by atoms with Crippen molar-refractivity contribution in [2.75, 3.05) is 5.32 Å². The molecule has 0 aliphatic heterocycles. The third kappa shape index (κ3) is 2.01. The number of halogens is 1. The lowest BCUT2D eigenvalue weighted by molar-refractivity contribution is 0.269. The van der Waals surface area contributed by atoms with E-state index in [0.29, 0.717) is 10.6 Å². The van der Waals surface area contributed by atoms with Gasteiger partial charge in [0.15, 0.2) is 0 Å². The van der Waals surface area contributed by atoms with Crippen LogP contribution in [0, 0.1) is 11.3 Å². The van der Waals surface area contributed by atoms with Crippen molar-refractivity contribution in [1.29, 1.82) is 5.26 Å². The Morgan fingerprint density at radius 3 is 2.69 bits per heavy atom. The number of nitriles is 1. The summed E-state index contributed by atoms with van der Waals surface area (Å²) in [4.78, 5) is 0. The Bertz CT molecular complexity index is 425. The van der Waals surface area contributed by atoms with Crippen LogP contribution in [0.1, 0.15) is 38.2 Å². The zero-order valence-corrected chi connectivity index (χ0v) is 10.1. The summed E-state index contributed by atoms with van der Waals surface area (Å²) in [7, 11) is 0. The molecule has 1 aromatic carbocycles. The van der Waals surface area contributed by atoms with Gasteiger partial charge < -0.3 is 5.32 Å². The largest absolute Gasteiger partial charge is 0.380 e. The fraction of sp³-hybridized carbons (Fsp3) is 0.462. The molecular weight excluding hydrogens is 220 g/mol. The summed E-state index contributed by atoms with van der Waals surface area (Å²) < 4.78 is 0. The van der Waals surface area contributed by atoms with Gasteiger partial charge in [-0.15, -0.1) is 0 Å². The third-order valence-corrected chi connectivity index (χ3v) is 3.80. The fourth-order valence-electron chi connectivity index (χ4n) is 2.16. The molecule has 2 rings (SSSR count). The molecule has 1 N–H and O–H groups in total. The Hall–Kier alpha value is -1.20. The lowest BCUT2D eigenvalue weighted by Gasteiger charge is -2.43. The number of benzene rings is 1. The van der Waals surface area contributed by atoms with Crippen LogP contribution in [0.15, 0.2) is 18.2 Å². The molecule has 3 heteroatoms. The van der Waals surface area contributed by atoms with Gasteiger partial charge in [0, 0.05) is 11.2 Å². The molecule has 0 aromatic heterocycles. The van der Waals surface area contributed by atoms with Gasteiger partial charge in [0.05, 0.1) is 10.6 Å². The van der Waals surface area contributed by atoms with Crippen LogP contribution < -0.4 is 5.32 Å². The molecule has 1 aromatic rings. The maximum Gasteiger partial charge on any atom is 0.101 e. The predicted molar refractivity (Wildman–Crippen MR) is 66.7 cm³/mol. The van der Waals surface area contributed by atoms with E-state index < -0.39 is 0 Å². The summed E-state index contributed by atoms with van der Waals surface area (Å²) in [5.74, 6) is 0. The van der Waals surface area contributed by atoms with E-state index in [0.717, 1.165) is 12.1 Å². The van der Waals surface area contributed by atoms with E-state index in [2.05, 4.69) is 18.3 Å². The predicted octanol–water partition coefficient (Wildman–Crippen LogP) is 3.96. The minimum absolute atomic E-state index is 0.261. The molecule has 0 atom stereocenters. The standard InChI is InChI=1S/C13H15ClN2/c1-2-13(6-3-7-13)16-11-5-4-10(9-15)12(14)8-11/h4-5,8,16H,2-3,6-7H2,1H3. The molecule has 0 spiro atoms. The van der Waals surface area contributed by atoms with Crippen LogP contribution in [-0.4, -0.2) is 5.54 Å². The van der Waals surface area contributed by atoms with Crippen molar-refractivity contribution in [1.82, 2.24) is 0 Å². The van der Waals surface area contributed by atoms with Crippen molar-refractivity contribution in [3.05, 3.63) is 28.8 Å². The van der Waals surface area contributed by atoms with Crippen molar-refractivity contribution in [2.24, 2.45) is 0 Å². The van der Waals surface area contributed by atoms with Crippen LogP contribution >= 0.6 is 11.6 Å². The molecule has 0 saturated heterocycles. The summed E-state index contributed by atoms with van der Waals surface area (Å²) in [6, 6.07) is 7.61. The lowest BCUT2D eigenvalue weighted by atomic mass is 9.74. The van der Waals surface area contributed by atoms with E-state index in [4.69, 9.17) is 16.9 Å². The van der Waals surface area contributed by atoms with Gasteiger partial charge in [0.25, 0.3) is 0 Å². The zero-order valence-electron chi connectivity index (χ0n) is 9.39. The first-order valence-corrected chi connectivity index (χ1v) is 6.05. The molecule has 0 radical (unpaired) electrons. The second-order valence-electron chi connectivity index (χ2n) is 4.42. The molecular formula is C13H15ClN2. The van der Waals surface area contributed by atoms with Crippen molar-refractivity contribution in [3.63, 3.8) is 0 Å². The Kier molecular flexibility index (Phi) is 3.07. The quantitative estimate of drug-likeness (QED) is 0.860.